The van der Waals surface area contributed by atoms with Crippen LogP contribution in [0.3, 0.4) is 0 Å². The van der Waals surface area contributed by atoms with Crippen LogP contribution in [0.5, 0.6) is 5.75 Å². The number of aromatic hydroxyl groups is 1. The summed E-state index contributed by atoms with van der Waals surface area (Å²) in [7, 11) is 0. The van der Waals surface area contributed by atoms with Gasteiger partial charge in [0.25, 0.3) is 0 Å². The molecule has 4 rings (SSSR count). The van der Waals surface area contributed by atoms with E-state index in [0.717, 1.165) is 26.3 Å². The van der Waals surface area contributed by atoms with E-state index in [9.17, 15) is 5.11 Å². The Balaban J connectivity index is 2.05. The summed E-state index contributed by atoms with van der Waals surface area (Å²) < 4.78 is 4.22. The lowest BCUT2D eigenvalue weighted by molar-refractivity contribution is 0.475. The van der Waals surface area contributed by atoms with Gasteiger partial charge >= 0.3 is 0 Å². The molecular formula is C15H9BrN2OS. The molecule has 0 saturated carbocycles. The molecule has 3 nitrogen and oxygen atoms in total. The number of phenolic OH excluding ortho intramolecular Hbond substituents is 1. The van der Waals surface area contributed by atoms with Crippen molar-refractivity contribution in [3.05, 3.63) is 53.1 Å². The molecule has 0 spiro atoms. The summed E-state index contributed by atoms with van der Waals surface area (Å²) in [6, 6.07) is 15.4. The van der Waals surface area contributed by atoms with Crippen molar-refractivity contribution in [1.29, 1.82) is 0 Å². The minimum absolute atomic E-state index is 0.246. The highest BCUT2D eigenvalue weighted by atomic mass is 79.9. The van der Waals surface area contributed by atoms with Gasteiger partial charge in [0.1, 0.15) is 16.0 Å². The lowest BCUT2D eigenvalue weighted by atomic mass is 10.1. The summed E-state index contributed by atoms with van der Waals surface area (Å²) in [6.07, 6.45) is 0. The van der Waals surface area contributed by atoms with E-state index in [-0.39, 0.29) is 5.75 Å². The van der Waals surface area contributed by atoms with E-state index in [1.165, 1.54) is 4.70 Å². The van der Waals surface area contributed by atoms with Gasteiger partial charge in [0.15, 0.2) is 4.96 Å². The van der Waals surface area contributed by atoms with E-state index in [2.05, 4.69) is 37.4 Å². The number of fused-ring (bicyclic) bond motifs is 3. The van der Waals surface area contributed by atoms with Crippen molar-refractivity contribution < 1.29 is 5.11 Å². The number of phenols is 1. The molecule has 0 aliphatic rings. The van der Waals surface area contributed by atoms with Crippen LogP contribution in [0, 0.1) is 0 Å². The van der Waals surface area contributed by atoms with Crippen molar-refractivity contribution in [2.45, 2.75) is 0 Å². The van der Waals surface area contributed by atoms with Gasteiger partial charge in [0, 0.05) is 5.56 Å². The van der Waals surface area contributed by atoms with Crippen molar-refractivity contribution in [1.82, 2.24) is 9.38 Å². The first-order chi connectivity index (χ1) is 9.74. The predicted molar refractivity (Wildman–Crippen MR) is 85.4 cm³/mol. The fourth-order valence-corrected chi connectivity index (χ4v) is 4.14. The van der Waals surface area contributed by atoms with E-state index in [0.29, 0.717) is 0 Å². The molecule has 2 aromatic heterocycles. The van der Waals surface area contributed by atoms with Gasteiger partial charge in [-0.2, -0.15) is 0 Å². The fourth-order valence-electron chi connectivity index (χ4n) is 2.32. The molecule has 0 bridgehead atoms. The van der Waals surface area contributed by atoms with E-state index in [1.54, 1.807) is 23.5 Å². The summed E-state index contributed by atoms with van der Waals surface area (Å²) in [5.74, 6) is 0.246. The van der Waals surface area contributed by atoms with Gasteiger partial charge in [-0.15, -0.1) is 0 Å². The molecule has 0 fully saturated rings. The highest BCUT2D eigenvalue weighted by molar-refractivity contribution is 9.10. The molecule has 2 aromatic carbocycles. The van der Waals surface area contributed by atoms with Gasteiger partial charge in [0.05, 0.1) is 10.2 Å². The van der Waals surface area contributed by atoms with Crippen LogP contribution in [0.2, 0.25) is 0 Å². The highest BCUT2D eigenvalue weighted by Gasteiger charge is 2.16. The molecule has 0 radical (unpaired) electrons. The highest BCUT2D eigenvalue weighted by Crippen LogP contribution is 2.36. The second-order valence-electron chi connectivity index (χ2n) is 4.49. The summed E-state index contributed by atoms with van der Waals surface area (Å²) in [5.41, 5.74) is 2.88. The second kappa shape index (κ2) is 4.33. The maximum atomic E-state index is 9.62. The molecule has 0 saturated heterocycles. The molecule has 0 aliphatic carbocycles. The van der Waals surface area contributed by atoms with Crippen LogP contribution in [0.15, 0.2) is 53.1 Å². The zero-order valence-corrected chi connectivity index (χ0v) is 12.6. The second-order valence-corrected chi connectivity index (χ2v) is 6.25. The number of imidazole rings is 1. The number of halogens is 1. The number of rotatable bonds is 1. The smallest absolute Gasteiger partial charge is 0.196 e. The Kier molecular flexibility index (Phi) is 2.58. The van der Waals surface area contributed by atoms with Gasteiger partial charge in [-0.1, -0.05) is 35.6 Å². The fraction of sp³-hybridized carbons (Fsp3) is 0. The number of hydrogen-bond donors (Lipinski definition) is 1. The van der Waals surface area contributed by atoms with E-state index in [4.69, 9.17) is 0 Å². The Bertz CT molecular complexity index is 942. The maximum Gasteiger partial charge on any atom is 0.196 e. The van der Waals surface area contributed by atoms with Crippen molar-refractivity contribution in [2.24, 2.45) is 0 Å². The first-order valence-corrected chi connectivity index (χ1v) is 7.70. The Hall–Kier alpha value is -1.85. The van der Waals surface area contributed by atoms with E-state index in [1.807, 2.05) is 24.3 Å². The molecule has 4 aromatic rings. The van der Waals surface area contributed by atoms with Crippen LogP contribution in [-0.2, 0) is 0 Å². The molecule has 20 heavy (non-hydrogen) atoms. The zero-order chi connectivity index (χ0) is 13.7. The summed E-state index contributed by atoms with van der Waals surface area (Å²) in [4.78, 5) is 5.63. The molecule has 0 aliphatic heterocycles. The molecule has 1 N–H and O–H groups in total. The third-order valence-electron chi connectivity index (χ3n) is 3.22. The summed E-state index contributed by atoms with van der Waals surface area (Å²) in [6.45, 7) is 0. The molecule has 98 valence electrons. The SMILES string of the molecule is Oc1cccc(-c2nc3sc4ccccc4n3c2Br)c1. The van der Waals surface area contributed by atoms with E-state index < -0.39 is 0 Å². The third kappa shape index (κ3) is 1.67. The maximum absolute atomic E-state index is 9.62. The quantitative estimate of drug-likeness (QED) is 0.544. The molecule has 0 unspecified atom stereocenters. The minimum atomic E-state index is 0.246. The number of aromatic nitrogens is 2. The monoisotopic (exact) mass is 344 g/mol. The van der Waals surface area contributed by atoms with Gasteiger partial charge < -0.3 is 5.11 Å². The number of nitrogens with zero attached hydrogens (tertiary/aromatic N) is 2. The lowest BCUT2D eigenvalue weighted by Gasteiger charge is -1.99. The lowest BCUT2D eigenvalue weighted by Crippen LogP contribution is -1.82. The molecule has 0 amide bonds. The van der Waals surface area contributed by atoms with Gasteiger partial charge in [-0.05, 0) is 40.2 Å². The molecule has 5 heteroatoms. The van der Waals surface area contributed by atoms with Crippen molar-refractivity contribution >= 4 is 42.4 Å². The normalized spacial score (nSPS) is 11.4. The van der Waals surface area contributed by atoms with Crippen molar-refractivity contribution in [3.63, 3.8) is 0 Å². The van der Waals surface area contributed by atoms with Crippen molar-refractivity contribution in [3.8, 4) is 17.0 Å². The first-order valence-electron chi connectivity index (χ1n) is 6.09. The first kappa shape index (κ1) is 11.9. The molecule has 0 atom stereocenters. The molecule has 2 heterocycles. The van der Waals surface area contributed by atoms with Crippen LogP contribution in [0.1, 0.15) is 0 Å². The Labute approximate surface area is 127 Å². The number of benzene rings is 2. The van der Waals surface area contributed by atoms with Crippen LogP contribution in [-0.4, -0.2) is 14.5 Å². The van der Waals surface area contributed by atoms with Crippen LogP contribution < -0.4 is 0 Å². The third-order valence-corrected chi connectivity index (χ3v) is 4.97. The number of hydrogen-bond acceptors (Lipinski definition) is 3. The average Bonchev–Trinajstić information content (AvgIpc) is 2.96. The van der Waals surface area contributed by atoms with Gasteiger partial charge in [-0.3, -0.25) is 4.40 Å². The van der Waals surface area contributed by atoms with Gasteiger partial charge in [-0.25, -0.2) is 4.98 Å². The molecular weight excluding hydrogens is 336 g/mol. The van der Waals surface area contributed by atoms with E-state index >= 15 is 0 Å². The van der Waals surface area contributed by atoms with Gasteiger partial charge in [0.2, 0.25) is 0 Å². The summed E-state index contributed by atoms with van der Waals surface area (Å²) >= 11 is 5.29. The largest absolute Gasteiger partial charge is 0.508 e. The predicted octanol–water partition coefficient (Wildman–Crippen LogP) is 4.68. The van der Waals surface area contributed by atoms with Crippen LogP contribution >= 0.6 is 27.3 Å². The standard InChI is InChI=1S/C15H9BrN2OS/c16-14-13(9-4-3-5-10(19)8-9)17-15-18(14)11-6-1-2-7-12(11)20-15/h1-8,19H. The Morgan fingerprint density at radius 3 is 2.80 bits per heavy atom. The minimum Gasteiger partial charge on any atom is -0.508 e. The topological polar surface area (TPSA) is 37.5 Å². The van der Waals surface area contributed by atoms with Crippen LogP contribution in [0.4, 0.5) is 0 Å². The van der Waals surface area contributed by atoms with Crippen molar-refractivity contribution in [2.75, 3.05) is 0 Å². The average molecular weight is 345 g/mol. The summed E-state index contributed by atoms with van der Waals surface area (Å²) in [5, 5.41) is 9.62. The number of thiazole rings is 1. The Morgan fingerprint density at radius 2 is 1.95 bits per heavy atom. The zero-order valence-electron chi connectivity index (χ0n) is 10.2. The van der Waals surface area contributed by atoms with Crippen LogP contribution in [0.25, 0.3) is 26.4 Å². The Morgan fingerprint density at radius 1 is 1.10 bits per heavy atom. The number of para-hydroxylation sites is 1.